The molecule has 0 bridgehead atoms. The average molecular weight is 485 g/mol. The molecule has 1 heterocycles. The smallest absolute Gasteiger partial charge is 0.347 e. The van der Waals surface area contributed by atoms with E-state index in [2.05, 4.69) is 36.4 Å². The van der Waals surface area contributed by atoms with Crippen molar-refractivity contribution in [2.45, 2.75) is 5.60 Å². The molecule has 5 aromatic rings. The van der Waals surface area contributed by atoms with Crippen molar-refractivity contribution in [1.82, 2.24) is 0 Å². The molecule has 0 amide bonds. The van der Waals surface area contributed by atoms with Gasteiger partial charge in [-0.25, -0.2) is 4.79 Å². The fourth-order valence-electron chi connectivity index (χ4n) is 4.85. The van der Waals surface area contributed by atoms with Gasteiger partial charge in [0.25, 0.3) is 0 Å². The Labute approximate surface area is 215 Å². The highest BCUT2D eigenvalue weighted by Crippen LogP contribution is 2.44. The lowest BCUT2D eigenvalue weighted by atomic mass is 9.83. The minimum absolute atomic E-state index is 0.351. The summed E-state index contributed by atoms with van der Waals surface area (Å²) < 4.78 is 18.0. The second-order valence-electron chi connectivity index (χ2n) is 8.86. The van der Waals surface area contributed by atoms with E-state index < -0.39 is 11.6 Å². The van der Waals surface area contributed by atoms with Crippen LogP contribution in [0, 0.1) is 0 Å². The SMILES string of the molecule is COc1cc2ccc3c(c2cc1C(=O)Oc1ccccc1)C=CC(c1ccccc1)(c1ccccc1)O3. The topological polar surface area (TPSA) is 44.8 Å². The van der Waals surface area contributed by atoms with E-state index in [1.165, 1.54) is 0 Å². The highest BCUT2D eigenvalue weighted by atomic mass is 16.5. The molecule has 0 radical (unpaired) electrons. The molecule has 0 aromatic heterocycles. The molecule has 0 spiro atoms. The molecule has 4 heteroatoms. The fourth-order valence-corrected chi connectivity index (χ4v) is 4.85. The standard InChI is InChI=1S/C33H24O4/c1-35-31-21-23-17-18-30-27(28(23)22-29(31)32(34)36-26-15-9-4-10-16-26)19-20-33(37-30,24-11-5-2-6-12-24)25-13-7-3-8-14-25/h2-22H,1H3. The largest absolute Gasteiger partial charge is 0.496 e. The van der Waals surface area contributed by atoms with Gasteiger partial charge in [-0.1, -0.05) is 84.9 Å². The van der Waals surface area contributed by atoms with Gasteiger partial charge in [0, 0.05) is 16.7 Å². The normalized spacial score (nSPS) is 13.4. The van der Waals surface area contributed by atoms with Crippen LogP contribution in [0.15, 0.2) is 121 Å². The molecule has 180 valence electrons. The van der Waals surface area contributed by atoms with Gasteiger partial charge in [-0.05, 0) is 53.3 Å². The molecule has 0 aliphatic carbocycles. The number of hydrogen-bond donors (Lipinski definition) is 0. The predicted octanol–water partition coefficient (Wildman–Crippen LogP) is 7.42. The molecule has 37 heavy (non-hydrogen) atoms. The predicted molar refractivity (Wildman–Crippen MR) is 145 cm³/mol. The first kappa shape index (κ1) is 22.6. The van der Waals surface area contributed by atoms with E-state index in [0.717, 1.165) is 33.2 Å². The molecule has 0 fully saturated rings. The summed E-state index contributed by atoms with van der Waals surface area (Å²) in [6.07, 6.45) is 4.17. The lowest BCUT2D eigenvalue weighted by Gasteiger charge is -2.36. The number of carbonyl (C=O) groups is 1. The summed E-state index contributed by atoms with van der Waals surface area (Å²) >= 11 is 0. The van der Waals surface area contributed by atoms with Gasteiger partial charge in [-0.15, -0.1) is 0 Å². The average Bonchev–Trinajstić information content (AvgIpc) is 2.97. The Bertz CT molecular complexity index is 1570. The Kier molecular flexibility index (Phi) is 5.70. The van der Waals surface area contributed by atoms with Gasteiger partial charge in [0.1, 0.15) is 22.8 Å². The molecular weight excluding hydrogens is 460 g/mol. The van der Waals surface area contributed by atoms with Crippen LogP contribution in [-0.4, -0.2) is 13.1 Å². The zero-order valence-electron chi connectivity index (χ0n) is 20.3. The van der Waals surface area contributed by atoms with Gasteiger partial charge in [0.2, 0.25) is 0 Å². The number of benzene rings is 5. The summed E-state index contributed by atoms with van der Waals surface area (Å²) in [5.41, 5.74) is 2.54. The van der Waals surface area contributed by atoms with E-state index in [9.17, 15) is 4.79 Å². The zero-order valence-corrected chi connectivity index (χ0v) is 20.3. The van der Waals surface area contributed by atoms with E-state index in [4.69, 9.17) is 14.2 Å². The summed E-state index contributed by atoms with van der Waals surface area (Å²) in [7, 11) is 1.55. The minimum atomic E-state index is -0.773. The van der Waals surface area contributed by atoms with Crippen LogP contribution in [0.5, 0.6) is 17.2 Å². The van der Waals surface area contributed by atoms with Crippen molar-refractivity contribution in [2.24, 2.45) is 0 Å². The maximum absolute atomic E-state index is 13.1. The summed E-state index contributed by atoms with van der Waals surface area (Å²) in [4.78, 5) is 13.1. The molecule has 6 rings (SSSR count). The Hall–Kier alpha value is -4.83. The Morgan fingerprint density at radius 2 is 1.38 bits per heavy atom. The summed E-state index contributed by atoms with van der Waals surface area (Å²) in [5.74, 6) is 1.18. The fraction of sp³-hybridized carbons (Fsp3) is 0.0606. The molecule has 0 saturated heterocycles. The van der Waals surface area contributed by atoms with Gasteiger partial charge >= 0.3 is 5.97 Å². The number of fused-ring (bicyclic) bond motifs is 3. The first-order valence-electron chi connectivity index (χ1n) is 12.1. The van der Waals surface area contributed by atoms with Crippen LogP contribution in [0.4, 0.5) is 0 Å². The third kappa shape index (κ3) is 4.03. The van der Waals surface area contributed by atoms with E-state index in [0.29, 0.717) is 17.1 Å². The van der Waals surface area contributed by atoms with E-state index >= 15 is 0 Å². The Balaban J connectivity index is 1.47. The lowest BCUT2D eigenvalue weighted by Crippen LogP contribution is -2.34. The monoisotopic (exact) mass is 484 g/mol. The molecule has 4 nitrogen and oxygen atoms in total. The summed E-state index contributed by atoms with van der Waals surface area (Å²) in [5, 5.41) is 1.82. The van der Waals surface area contributed by atoms with Gasteiger partial charge in [0.05, 0.1) is 7.11 Å². The summed E-state index contributed by atoms with van der Waals surface area (Å²) in [6, 6.07) is 37.0. The lowest BCUT2D eigenvalue weighted by molar-refractivity contribution is 0.0731. The Morgan fingerprint density at radius 3 is 2.00 bits per heavy atom. The number of methoxy groups -OCH3 is 1. The van der Waals surface area contributed by atoms with Crippen molar-refractivity contribution in [3.05, 3.63) is 144 Å². The van der Waals surface area contributed by atoms with Crippen LogP contribution in [0.25, 0.3) is 16.8 Å². The van der Waals surface area contributed by atoms with Crippen LogP contribution >= 0.6 is 0 Å². The zero-order chi connectivity index (χ0) is 25.2. The molecule has 0 N–H and O–H groups in total. The quantitative estimate of drug-likeness (QED) is 0.192. The second-order valence-corrected chi connectivity index (χ2v) is 8.86. The maximum atomic E-state index is 13.1. The van der Waals surface area contributed by atoms with Crippen molar-refractivity contribution in [3.8, 4) is 17.2 Å². The van der Waals surface area contributed by atoms with Gasteiger partial charge in [-0.3, -0.25) is 0 Å². The van der Waals surface area contributed by atoms with Crippen molar-refractivity contribution >= 4 is 22.8 Å². The van der Waals surface area contributed by atoms with Crippen LogP contribution in [0.3, 0.4) is 0 Å². The first-order chi connectivity index (χ1) is 18.2. The van der Waals surface area contributed by atoms with Crippen LogP contribution < -0.4 is 14.2 Å². The Morgan fingerprint density at radius 1 is 0.757 bits per heavy atom. The third-order valence-corrected chi connectivity index (χ3v) is 6.68. The number of carbonyl (C=O) groups excluding carboxylic acids is 1. The van der Waals surface area contributed by atoms with E-state index in [1.807, 2.05) is 78.9 Å². The molecule has 0 atom stereocenters. The van der Waals surface area contributed by atoms with E-state index in [-0.39, 0.29) is 0 Å². The highest BCUT2D eigenvalue weighted by Gasteiger charge is 2.37. The van der Waals surface area contributed by atoms with Gasteiger partial charge in [0.15, 0.2) is 5.60 Å². The molecule has 1 aliphatic heterocycles. The first-order valence-corrected chi connectivity index (χ1v) is 12.1. The van der Waals surface area contributed by atoms with Gasteiger partial charge in [-0.2, -0.15) is 0 Å². The van der Waals surface area contributed by atoms with Gasteiger partial charge < -0.3 is 14.2 Å². The number of para-hydroxylation sites is 1. The van der Waals surface area contributed by atoms with Crippen LogP contribution in [0.1, 0.15) is 27.0 Å². The van der Waals surface area contributed by atoms with Crippen molar-refractivity contribution in [3.63, 3.8) is 0 Å². The van der Waals surface area contributed by atoms with Crippen molar-refractivity contribution in [1.29, 1.82) is 0 Å². The summed E-state index contributed by atoms with van der Waals surface area (Å²) in [6.45, 7) is 0. The second kappa shape index (κ2) is 9.32. The third-order valence-electron chi connectivity index (χ3n) is 6.68. The van der Waals surface area contributed by atoms with Crippen LogP contribution in [0.2, 0.25) is 0 Å². The van der Waals surface area contributed by atoms with Crippen LogP contribution in [-0.2, 0) is 5.60 Å². The van der Waals surface area contributed by atoms with Crippen molar-refractivity contribution < 1.29 is 19.0 Å². The number of esters is 1. The van der Waals surface area contributed by atoms with Crippen molar-refractivity contribution in [2.75, 3.05) is 7.11 Å². The molecule has 0 saturated carbocycles. The maximum Gasteiger partial charge on any atom is 0.347 e. The highest BCUT2D eigenvalue weighted by molar-refractivity contribution is 6.03. The molecule has 5 aromatic carbocycles. The number of rotatable bonds is 5. The van der Waals surface area contributed by atoms with E-state index in [1.54, 1.807) is 19.2 Å². The molecule has 0 unspecified atom stereocenters. The molecular formula is C33H24O4. The minimum Gasteiger partial charge on any atom is -0.496 e. The molecule has 1 aliphatic rings. The number of ether oxygens (including phenoxy) is 3. The number of hydrogen-bond acceptors (Lipinski definition) is 4.